The van der Waals surface area contributed by atoms with Crippen molar-refractivity contribution in [2.45, 2.75) is 19.3 Å². The zero-order valence-corrected chi connectivity index (χ0v) is 11.4. The van der Waals surface area contributed by atoms with E-state index in [0.717, 1.165) is 30.8 Å². The second kappa shape index (κ2) is 5.63. The number of aromatic nitrogens is 1. The molecule has 1 fully saturated rings. The Balaban J connectivity index is 1.96. The van der Waals surface area contributed by atoms with Crippen LogP contribution in [0.1, 0.15) is 24.8 Å². The Morgan fingerprint density at radius 1 is 1.61 bits per heavy atom. The summed E-state index contributed by atoms with van der Waals surface area (Å²) in [6.07, 6.45) is 7.09. The molecule has 1 aromatic rings. The van der Waals surface area contributed by atoms with Gasteiger partial charge in [0.05, 0.1) is 11.9 Å². The molecular formula is C13H19N3OS. The molecule has 0 bridgehead atoms. The van der Waals surface area contributed by atoms with Crippen LogP contribution in [-0.2, 0) is 4.74 Å². The molecule has 1 aromatic heterocycles. The molecule has 0 saturated heterocycles. The standard InChI is InChI=1S/C13H19N3OS/c1-17-7-5-13(3-4-13)9-16-11-8-15-6-2-10(11)12(14)18/h2,6,8,16H,3-5,7,9H2,1H3,(H2,14,18). The first-order chi connectivity index (χ1) is 8.67. The van der Waals surface area contributed by atoms with Gasteiger partial charge in [-0.05, 0) is 30.7 Å². The number of pyridine rings is 1. The molecule has 5 heteroatoms. The largest absolute Gasteiger partial charge is 0.389 e. The van der Waals surface area contributed by atoms with E-state index >= 15 is 0 Å². The quantitative estimate of drug-likeness (QED) is 0.738. The first kappa shape index (κ1) is 13.2. The van der Waals surface area contributed by atoms with Crippen molar-refractivity contribution in [1.29, 1.82) is 0 Å². The molecule has 1 heterocycles. The lowest BCUT2D eigenvalue weighted by Crippen LogP contribution is -2.20. The van der Waals surface area contributed by atoms with E-state index in [1.165, 1.54) is 12.8 Å². The van der Waals surface area contributed by atoms with Crippen LogP contribution in [0.25, 0.3) is 0 Å². The van der Waals surface area contributed by atoms with Crippen molar-refractivity contribution in [3.63, 3.8) is 0 Å². The summed E-state index contributed by atoms with van der Waals surface area (Å²) in [5, 5.41) is 3.42. The number of thiocarbonyl (C=S) groups is 1. The molecule has 3 N–H and O–H groups in total. The summed E-state index contributed by atoms with van der Waals surface area (Å²) in [5.41, 5.74) is 7.87. The lowest BCUT2D eigenvalue weighted by Gasteiger charge is -2.17. The van der Waals surface area contributed by atoms with Gasteiger partial charge in [0.1, 0.15) is 4.99 Å². The van der Waals surface area contributed by atoms with Crippen molar-refractivity contribution in [1.82, 2.24) is 4.98 Å². The maximum absolute atomic E-state index is 5.69. The van der Waals surface area contributed by atoms with Gasteiger partial charge in [-0.25, -0.2) is 0 Å². The highest BCUT2D eigenvalue weighted by molar-refractivity contribution is 7.80. The molecule has 4 nitrogen and oxygen atoms in total. The molecule has 0 atom stereocenters. The highest BCUT2D eigenvalue weighted by atomic mass is 32.1. The zero-order valence-electron chi connectivity index (χ0n) is 10.6. The van der Waals surface area contributed by atoms with Crippen LogP contribution < -0.4 is 11.1 Å². The van der Waals surface area contributed by atoms with Crippen molar-refractivity contribution in [3.05, 3.63) is 24.0 Å². The molecule has 98 valence electrons. The molecule has 0 amide bonds. The summed E-state index contributed by atoms with van der Waals surface area (Å²) in [7, 11) is 1.75. The highest BCUT2D eigenvalue weighted by Crippen LogP contribution is 2.48. The fourth-order valence-electron chi connectivity index (χ4n) is 2.04. The number of nitrogens with zero attached hydrogens (tertiary/aromatic N) is 1. The van der Waals surface area contributed by atoms with Crippen molar-refractivity contribution in [2.24, 2.45) is 11.1 Å². The summed E-state index contributed by atoms with van der Waals surface area (Å²) in [4.78, 5) is 4.51. The average Bonchev–Trinajstić information content (AvgIpc) is 3.15. The molecule has 1 aliphatic rings. The number of rotatable bonds is 7. The number of hydrogen-bond acceptors (Lipinski definition) is 4. The van der Waals surface area contributed by atoms with Gasteiger partial charge < -0.3 is 15.8 Å². The summed E-state index contributed by atoms with van der Waals surface area (Å²) in [5.74, 6) is 0. The predicted octanol–water partition coefficient (Wildman–Crippen LogP) is 1.94. The van der Waals surface area contributed by atoms with E-state index in [2.05, 4.69) is 10.3 Å². The van der Waals surface area contributed by atoms with E-state index < -0.39 is 0 Å². The molecular weight excluding hydrogens is 246 g/mol. The Morgan fingerprint density at radius 3 is 3.00 bits per heavy atom. The van der Waals surface area contributed by atoms with Crippen LogP contribution in [0.2, 0.25) is 0 Å². The number of nitrogens with two attached hydrogens (primary N) is 1. The molecule has 0 aliphatic heterocycles. The van der Waals surface area contributed by atoms with Gasteiger partial charge in [0, 0.05) is 32.0 Å². The fourth-order valence-corrected chi connectivity index (χ4v) is 2.22. The van der Waals surface area contributed by atoms with E-state index in [1.807, 2.05) is 6.07 Å². The minimum Gasteiger partial charge on any atom is -0.389 e. The van der Waals surface area contributed by atoms with Crippen molar-refractivity contribution in [3.8, 4) is 0 Å². The molecule has 1 saturated carbocycles. The van der Waals surface area contributed by atoms with Gasteiger partial charge in [-0.1, -0.05) is 12.2 Å². The minimum atomic E-state index is 0.388. The first-order valence-corrected chi connectivity index (χ1v) is 6.54. The van der Waals surface area contributed by atoms with E-state index in [1.54, 1.807) is 19.5 Å². The van der Waals surface area contributed by atoms with Gasteiger partial charge in [0.25, 0.3) is 0 Å². The predicted molar refractivity (Wildman–Crippen MR) is 76.8 cm³/mol. The van der Waals surface area contributed by atoms with Crippen molar-refractivity contribution >= 4 is 22.9 Å². The van der Waals surface area contributed by atoms with Crippen LogP contribution in [0, 0.1) is 5.41 Å². The smallest absolute Gasteiger partial charge is 0.106 e. The van der Waals surface area contributed by atoms with Crippen molar-refractivity contribution in [2.75, 3.05) is 25.6 Å². The highest BCUT2D eigenvalue weighted by Gasteiger charge is 2.41. The Bertz CT molecular complexity index is 432. The molecule has 0 aromatic carbocycles. The number of anilines is 1. The van der Waals surface area contributed by atoms with Gasteiger partial charge in [-0.3, -0.25) is 4.98 Å². The van der Waals surface area contributed by atoms with Gasteiger partial charge >= 0.3 is 0 Å². The Kier molecular flexibility index (Phi) is 4.14. The normalized spacial score (nSPS) is 16.3. The van der Waals surface area contributed by atoms with Crippen molar-refractivity contribution < 1.29 is 4.74 Å². The van der Waals surface area contributed by atoms with E-state index in [9.17, 15) is 0 Å². The first-order valence-electron chi connectivity index (χ1n) is 6.13. The van der Waals surface area contributed by atoms with Gasteiger partial charge in [0.15, 0.2) is 0 Å². The van der Waals surface area contributed by atoms with Gasteiger partial charge in [0.2, 0.25) is 0 Å². The molecule has 18 heavy (non-hydrogen) atoms. The van der Waals surface area contributed by atoms with Crippen LogP contribution in [0.3, 0.4) is 0 Å². The molecule has 0 unspecified atom stereocenters. The van der Waals surface area contributed by atoms with Crippen LogP contribution in [0.4, 0.5) is 5.69 Å². The lowest BCUT2D eigenvalue weighted by molar-refractivity contribution is 0.175. The van der Waals surface area contributed by atoms with Crippen LogP contribution in [0.5, 0.6) is 0 Å². The minimum absolute atomic E-state index is 0.388. The van der Waals surface area contributed by atoms with E-state index in [0.29, 0.717) is 10.4 Å². The van der Waals surface area contributed by atoms with Gasteiger partial charge in [-0.15, -0.1) is 0 Å². The molecule has 1 aliphatic carbocycles. The van der Waals surface area contributed by atoms with E-state index in [-0.39, 0.29) is 0 Å². The van der Waals surface area contributed by atoms with Crippen LogP contribution in [-0.4, -0.2) is 30.2 Å². The summed E-state index contributed by atoms with van der Waals surface area (Å²) >= 11 is 5.03. The fraction of sp³-hybridized carbons (Fsp3) is 0.538. The second-order valence-corrected chi connectivity index (χ2v) is 5.32. The zero-order chi connectivity index (χ0) is 13.0. The summed E-state index contributed by atoms with van der Waals surface area (Å²) < 4.78 is 5.15. The number of ether oxygens (including phenoxy) is 1. The number of methoxy groups -OCH3 is 1. The molecule has 2 rings (SSSR count). The van der Waals surface area contributed by atoms with Crippen LogP contribution in [0.15, 0.2) is 18.5 Å². The number of hydrogen-bond donors (Lipinski definition) is 2. The average molecular weight is 265 g/mol. The van der Waals surface area contributed by atoms with Gasteiger partial charge in [-0.2, -0.15) is 0 Å². The monoisotopic (exact) mass is 265 g/mol. The van der Waals surface area contributed by atoms with Crippen LogP contribution >= 0.6 is 12.2 Å². The maximum atomic E-state index is 5.69. The Morgan fingerprint density at radius 2 is 2.39 bits per heavy atom. The SMILES string of the molecule is COCCC1(CNc2cnccc2C(N)=S)CC1. The second-order valence-electron chi connectivity index (χ2n) is 4.88. The summed E-state index contributed by atoms with van der Waals surface area (Å²) in [6, 6.07) is 1.85. The topological polar surface area (TPSA) is 60.2 Å². The Labute approximate surface area is 113 Å². The molecule has 0 spiro atoms. The summed E-state index contributed by atoms with van der Waals surface area (Å²) in [6.45, 7) is 1.74. The third-order valence-electron chi connectivity index (χ3n) is 3.53. The Hall–Kier alpha value is -1.20. The third-order valence-corrected chi connectivity index (χ3v) is 3.75. The number of nitrogens with one attached hydrogen (secondary N) is 1. The van der Waals surface area contributed by atoms with E-state index in [4.69, 9.17) is 22.7 Å². The maximum Gasteiger partial charge on any atom is 0.106 e. The molecule has 0 radical (unpaired) electrons. The lowest BCUT2D eigenvalue weighted by atomic mass is 10.0. The third kappa shape index (κ3) is 3.17.